The number of anilines is 1. The number of rotatable bonds is 7. The molecule has 1 saturated heterocycles. The quantitative estimate of drug-likeness (QED) is 0.581. The van der Waals surface area contributed by atoms with E-state index in [0.29, 0.717) is 0 Å². The van der Waals surface area contributed by atoms with Gasteiger partial charge in [0.1, 0.15) is 11.4 Å². The van der Waals surface area contributed by atoms with E-state index in [1.807, 2.05) is 12.1 Å². The zero-order chi connectivity index (χ0) is 21.9. The molecule has 0 radical (unpaired) electrons. The number of amides is 1. The lowest BCUT2D eigenvalue weighted by Gasteiger charge is -2.36. The monoisotopic (exact) mass is 432 g/mol. The van der Waals surface area contributed by atoms with E-state index in [2.05, 4.69) is 56.1 Å². The average molecular weight is 433 g/mol. The summed E-state index contributed by atoms with van der Waals surface area (Å²) in [6.45, 7) is 6.93. The molecule has 1 N–H and O–H groups in total. The Kier molecular flexibility index (Phi) is 6.04. The van der Waals surface area contributed by atoms with E-state index in [4.69, 9.17) is 4.74 Å². The number of carbonyl (C=O) groups is 1. The molecule has 0 saturated carbocycles. The minimum Gasteiger partial charge on any atom is -0.495 e. The standard InChI is InChI=1S/C26H32N4O2/c1-32-24-11-5-4-10-23(24)29-18-16-28(17-19-29)14-6-7-15-30-22-9-3-2-8-20(22)21-12-13-27-26(31)25(21)30/h2-5,8-11H,6-7,12-19H2,1H3,(H,27,31). The molecule has 0 bridgehead atoms. The van der Waals surface area contributed by atoms with E-state index in [-0.39, 0.29) is 5.91 Å². The van der Waals surface area contributed by atoms with E-state index in [9.17, 15) is 4.79 Å². The van der Waals surface area contributed by atoms with Crippen LogP contribution >= 0.6 is 0 Å². The van der Waals surface area contributed by atoms with Gasteiger partial charge in [0, 0.05) is 50.2 Å². The maximum absolute atomic E-state index is 12.6. The first-order valence-corrected chi connectivity index (χ1v) is 11.7. The highest BCUT2D eigenvalue weighted by atomic mass is 16.5. The Morgan fingerprint density at radius 2 is 1.69 bits per heavy atom. The van der Waals surface area contributed by atoms with Gasteiger partial charge in [0.05, 0.1) is 12.8 Å². The molecule has 6 nitrogen and oxygen atoms in total. The highest BCUT2D eigenvalue weighted by molar-refractivity contribution is 6.02. The van der Waals surface area contributed by atoms with Gasteiger partial charge in [-0.15, -0.1) is 0 Å². The molecule has 1 fully saturated rings. The number of hydrogen-bond acceptors (Lipinski definition) is 4. The smallest absolute Gasteiger partial charge is 0.268 e. The van der Waals surface area contributed by atoms with Crippen LogP contribution in [0, 0.1) is 0 Å². The fourth-order valence-corrected chi connectivity index (χ4v) is 5.21. The highest BCUT2D eigenvalue weighted by Gasteiger charge is 2.25. The van der Waals surface area contributed by atoms with Crippen molar-refractivity contribution < 1.29 is 9.53 Å². The third kappa shape index (κ3) is 3.95. The first kappa shape index (κ1) is 20.9. The van der Waals surface area contributed by atoms with Crippen molar-refractivity contribution >= 4 is 22.5 Å². The molecule has 0 aliphatic carbocycles. The normalized spacial score (nSPS) is 16.8. The Hall–Kier alpha value is -2.99. The summed E-state index contributed by atoms with van der Waals surface area (Å²) in [5.41, 5.74) is 4.48. The second kappa shape index (κ2) is 9.25. The molecule has 0 unspecified atom stereocenters. The summed E-state index contributed by atoms with van der Waals surface area (Å²) in [5.74, 6) is 1.03. The number of fused-ring (bicyclic) bond motifs is 3. The third-order valence-corrected chi connectivity index (χ3v) is 6.86. The van der Waals surface area contributed by atoms with E-state index in [1.54, 1.807) is 7.11 Å². The summed E-state index contributed by atoms with van der Waals surface area (Å²) in [7, 11) is 1.74. The van der Waals surface area contributed by atoms with Gasteiger partial charge in [0.2, 0.25) is 0 Å². The lowest BCUT2D eigenvalue weighted by Crippen LogP contribution is -2.46. The van der Waals surface area contributed by atoms with Gasteiger partial charge in [-0.3, -0.25) is 9.69 Å². The average Bonchev–Trinajstić information content (AvgIpc) is 3.17. The number of ether oxygens (including phenoxy) is 1. The van der Waals surface area contributed by atoms with Gasteiger partial charge in [0.15, 0.2) is 0 Å². The van der Waals surface area contributed by atoms with Crippen LogP contribution in [0.25, 0.3) is 10.9 Å². The number of methoxy groups -OCH3 is 1. The van der Waals surface area contributed by atoms with Crippen molar-refractivity contribution in [3.63, 3.8) is 0 Å². The van der Waals surface area contributed by atoms with Crippen LogP contribution < -0.4 is 15.0 Å². The number of aromatic nitrogens is 1. The fraction of sp³-hybridized carbons (Fsp3) is 0.423. The molecule has 32 heavy (non-hydrogen) atoms. The van der Waals surface area contributed by atoms with Crippen molar-refractivity contribution in [3.8, 4) is 5.75 Å². The molecule has 1 amide bonds. The molecular formula is C26H32N4O2. The first-order chi connectivity index (χ1) is 15.8. The molecular weight excluding hydrogens is 400 g/mol. The van der Waals surface area contributed by atoms with Crippen molar-refractivity contribution in [1.29, 1.82) is 0 Å². The van der Waals surface area contributed by atoms with E-state index in [0.717, 1.165) is 76.5 Å². The SMILES string of the molecule is COc1ccccc1N1CCN(CCCCn2c3c(c4ccccc42)CCNC3=O)CC1. The molecule has 3 aromatic rings. The number of aryl methyl sites for hydroxylation is 1. The first-order valence-electron chi connectivity index (χ1n) is 11.7. The fourth-order valence-electron chi connectivity index (χ4n) is 5.21. The maximum Gasteiger partial charge on any atom is 0.268 e. The Labute approximate surface area is 189 Å². The zero-order valence-corrected chi connectivity index (χ0v) is 18.8. The van der Waals surface area contributed by atoms with Gasteiger partial charge in [-0.25, -0.2) is 0 Å². The molecule has 0 atom stereocenters. The van der Waals surface area contributed by atoms with Crippen molar-refractivity contribution in [2.24, 2.45) is 0 Å². The number of para-hydroxylation sites is 3. The number of unbranched alkanes of at least 4 members (excludes halogenated alkanes) is 1. The Morgan fingerprint density at radius 1 is 0.938 bits per heavy atom. The Bertz CT molecular complexity index is 1100. The summed E-state index contributed by atoms with van der Waals surface area (Å²) in [6.07, 6.45) is 3.13. The second-order valence-corrected chi connectivity index (χ2v) is 8.71. The van der Waals surface area contributed by atoms with Crippen molar-refractivity contribution in [1.82, 2.24) is 14.8 Å². The van der Waals surface area contributed by atoms with E-state index in [1.165, 1.54) is 22.2 Å². The van der Waals surface area contributed by atoms with Crippen LogP contribution in [0.3, 0.4) is 0 Å². The number of piperazine rings is 1. The lowest BCUT2D eigenvalue weighted by atomic mass is 10.0. The van der Waals surface area contributed by atoms with Crippen LogP contribution in [-0.2, 0) is 13.0 Å². The number of benzene rings is 2. The molecule has 6 heteroatoms. The van der Waals surface area contributed by atoms with Gasteiger partial charge in [-0.05, 0) is 49.6 Å². The Balaban J connectivity index is 1.17. The molecule has 3 heterocycles. The number of nitrogens with zero attached hydrogens (tertiary/aromatic N) is 3. The van der Waals surface area contributed by atoms with Gasteiger partial charge in [-0.1, -0.05) is 30.3 Å². The van der Waals surface area contributed by atoms with Gasteiger partial charge >= 0.3 is 0 Å². The minimum absolute atomic E-state index is 0.0786. The molecule has 2 aromatic carbocycles. The van der Waals surface area contributed by atoms with Crippen LogP contribution in [0.4, 0.5) is 5.69 Å². The zero-order valence-electron chi connectivity index (χ0n) is 18.8. The van der Waals surface area contributed by atoms with Crippen LogP contribution in [0.5, 0.6) is 5.75 Å². The topological polar surface area (TPSA) is 49.7 Å². The molecule has 5 rings (SSSR count). The largest absolute Gasteiger partial charge is 0.495 e. The molecule has 1 aromatic heterocycles. The summed E-state index contributed by atoms with van der Waals surface area (Å²) in [6, 6.07) is 16.7. The van der Waals surface area contributed by atoms with E-state index >= 15 is 0 Å². The van der Waals surface area contributed by atoms with Crippen LogP contribution in [0.1, 0.15) is 28.9 Å². The van der Waals surface area contributed by atoms with Crippen molar-refractivity contribution in [2.75, 3.05) is 51.3 Å². The number of carbonyl (C=O) groups excluding carboxylic acids is 1. The predicted molar refractivity (Wildman–Crippen MR) is 129 cm³/mol. The highest BCUT2D eigenvalue weighted by Crippen LogP contribution is 2.30. The summed E-state index contributed by atoms with van der Waals surface area (Å²) >= 11 is 0. The van der Waals surface area contributed by atoms with E-state index < -0.39 is 0 Å². The lowest BCUT2D eigenvalue weighted by molar-refractivity contribution is 0.0936. The minimum atomic E-state index is 0.0786. The Morgan fingerprint density at radius 3 is 2.53 bits per heavy atom. The number of nitrogens with one attached hydrogen (secondary N) is 1. The summed E-state index contributed by atoms with van der Waals surface area (Å²) in [5, 5.41) is 4.27. The molecule has 0 spiro atoms. The maximum atomic E-state index is 12.6. The third-order valence-electron chi connectivity index (χ3n) is 6.86. The van der Waals surface area contributed by atoms with Gasteiger partial charge in [-0.2, -0.15) is 0 Å². The molecule has 2 aliphatic rings. The van der Waals surface area contributed by atoms with Crippen LogP contribution in [0.2, 0.25) is 0 Å². The van der Waals surface area contributed by atoms with Crippen molar-refractivity contribution in [2.45, 2.75) is 25.8 Å². The molecule has 2 aliphatic heterocycles. The number of hydrogen-bond donors (Lipinski definition) is 1. The summed E-state index contributed by atoms with van der Waals surface area (Å²) < 4.78 is 7.78. The van der Waals surface area contributed by atoms with Crippen LogP contribution in [-0.4, -0.2) is 61.8 Å². The summed E-state index contributed by atoms with van der Waals surface area (Å²) in [4.78, 5) is 17.6. The second-order valence-electron chi connectivity index (χ2n) is 8.71. The molecule has 168 valence electrons. The predicted octanol–water partition coefficient (Wildman–Crippen LogP) is 3.54. The van der Waals surface area contributed by atoms with Crippen molar-refractivity contribution in [3.05, 3.63) is 59.8 Å². The van der Waals surface area contributed by atoms with Crippen LogP contribution in [0.15, 0.2) is 48.5 Å². The van der Waals surface area contributed by atoms with Gasteiger partial charge < -0.3 is 19.5 Å². The van der Waals surface area contributed by atoms with Gasteiger partial charge in [0.25, 0.3) is 5.91 Å².